The van der Waals surface area contributed by atoms with Crippen molar-refractivity contribution in [2.45, 2.75) is 12.5 Å². The van der Waals surface area contributed by atoms with Gasteiger partial charge < -0.3 is 4.74 Å². The first-order chi connectivity index (χ1) is 9.65. The Morgan fingerprint density at radius 3 is 2.90 bits per heavy atom. The molecule has 3 N–H and O–H groups in total. The SMILES string of the molecule is COc1cnccc1C(Cc1ccc(F)c(Br)c1)NN. The fourth-order valence-corrected chi connectivity index (χ4v) is 2.44. The van der Waals surface area contributed by atoms with Gasteiger partial charge in [-0.3, -0.25) is 16.3 Å². The summed E-state index contributed by atoms with van der Waals surface area (Å²) in [6.45, 7) is 0. The van der Waals surface area contributed by atoms with Crippen LogP contribution in [0.2, 0.25) is 0 Å². The van der Waals surface area contributed by atoms with Crippen molar-refractivity contribution in [2.24, 2.45) is 5.84 Å². The minimum absolute atomic E-state index is 0.148. The van der Waals surface area contributed by atoms with Gasteiger partial charge in [0, 0.05) is 11.8 Å². The number of halogens is 2. The number of nitrogens with zero attached hydrogens (tertiary/aromatic N) is 1. The third-order valence-electron chi connectivity index (χ3n) is 3.04. The zero-order valence-electron chi connectivity index (χ0n) is 10.9. The summed E-state index contributed by atoms with van der Waals surface area (Å²) in [5.41, 5.74) is 4.63. The molecule has 1 unspecified atom stereocenters. The highest BCUT2D eigenvalue weighted by Crippen LogP contribution is 2.27. The number of rotatable bonds is 5. The Kier molecular flexibility index (Phi) is 5.05. The van der Waals surface area contributed by atoms with E-state index in [0.29, 0.717) is 16.6 Å². The van der Waals surface area contributed by atoms with Crippen LogP contribution in [0.5, 0.6) is 5.75 Å². The van der Waals surface area contributed by atoms with E-state index < -0.39 is 0 Å². The predicted molar refractivity (Wildman–Crippen MR) is 78.7 cm³/mol. The molecule has 1 aromatic heterocycles. The molecule has 0 amide bonds. The van der Waals surface area contributed by atoms with Gasteiger partial charge >= 0.3 is 0 Å². The number of methoxy groups -OCH3 is 1. The number of hydrogen-bond donors (Lipinski definition) is 2. The van der Waals surface area contributed by atoms with Gasteiger partial charge in [-0.2, -0.15) is 0 Å². The summed E-state index contributed by atoms with van der Waals surface area (Å²) in [5.74, 6) is 6.01. The number of benzene rings is 1. The second-order valence-electron chi connectivity index (χ2n) is 4.29. The molecule has 0 radical (unpaired) electrons. The average molecular weight is 340 g/mol. The van der Waals surface area contributed by atoms with Gasteiger partial charge in [-0.05, 0) is 46.1 Å². The maximum Gasteiger partial charge on any atom is 0.141 e. The lowest BCUT2D eigenvalue weighted by Crippen LogP contribution is -2.30. The molecule has 1 atom stereocenters. The summed E-state index contributed by atoms with van der Waals surface area (Å²) in [6.07, 6.45) is 3.93. The van der Waals surface area contributed by atoms with E-state index in [1.807, 2.05) is 6.07 Å². The van der Waals surface area contributed by atoms with Crippen molar-refractivity contribution in [1.29, 1.82) is 0 Å². The topological polar surface area (TPSA) is 60.2 Å². The molecule has 4 nitrogen and oxygen atoms in total. The molecule has 0 saturated heterocycles. The molecule has 106 valence electrons. The molecule has 20 heavy (non-hydrogen) atoms. The minimum atomic E-state index is -0.285. The van der Waals surface area contributed by atoms with Crippen LogP contribution in [0.15, 0.2) is 41.1 Å². The van der Waals surface area contributed by atoms with E-state index in [1.165, 1.54) is 6.07 Å². The highest BCUT2D eigenvalue weighted by atomic mass is 79.9. The fourth-order valence-electron chi connectivity index (χ4n) is 2.01. The van der Waals surface area contributed by atoms with Gasteiger partial charge in [-0.1, -0.05) is 6.07 Å². The maximum absolute atomic E-state index is 13.2. The summed E-state index contributed by atoms with van der Waals surface area (Å²) in [7, 11) is 1.59. The van der Waals surface area contributed by atoms with Crippen molar-refractivity contribution >= 4 is 15.9 Å². The Balaban J connectivity index is 2.26. The first kappa shape index (κ1) is 14.9. The smallest absolute Gasteiger partial charge is 0.141 e. The second-order valence-corrected chi connectivity index (χ2v) is 5.14. The molecule has 1 heterocycles. The van der Waals surface area contributed by atoms with E-state index in [-0.39, 0.29) is 11.9 Å². The maximum atomic E-state index is 13.2. The van der Waals surface area contributed by atoms with E-state index in [2.05, 4.69) is 26.3 Å². The van der Waals surface area contributed by atoms with E-state index in [9.17, 15) is 4.39 Å². The van der Waals surface area contributed by atoms with Crippen molar-refractivity contribution in [3.8, 4) is 5.75 Å². The lowest BCUT2D eigenvalue weighted by atomic mass is 9.99. The highest BCUT2D eigenvalue weighted by molar-refractivity contribution is 9.10. The van der Waals surface area contributed by atoms with Gasteiger partial charge in [0.05, 0.1) is 23.8 Å². The van der Waals surface area contributed by atoms with Crippen LogP contribution in [0.3, 0.4) is 0 Å². The molecule has 2 rings (SSSR count). The van der Waals surface area contributed by atoms with E-state index >= 15 is 0 Å². The zero-order chi connectivity index (χ0) is 14.5. The molecule has 1 aromatic carbocycles. The number of nitrogens with two attached hydrogens (primary N) is 1. The largest absolute Gasteiger partial charge is 0.495 e. The van der Waals surface area contributed by atoms with Crippen LogP contribution in [0.4, 0.5) is 4.39 Å². The molecular formula is C14H15BrFN3O. The first-order valence-corrected chi connectivity index (χ1v) is 6.83. The van der Waals surface area contributed by atoms with Crippen molar-refractivity contribution < 1.29 is 9.13 Å². The number of pyridine rings is 1. The molecule has 0 spiro atoms. The summed E-state index contributed by atoms with van der Waals surface area (Å²) in [5, 5.41) is 0. The van der Waals surface area contributed by atoms with E-state index in [1.54, 1.807) is 31.6 Å². The van der Waals surface area contributed by atoms with E-state index in [4.69, 9.17) is 10.6 Å². The predicted octanol–water partition coefficient (Wildman–Crippen LogP) is 2.74. The normalized spacial score (nSPS) is 12.2. The molecule has 0 saturated carbocycles. The van der Waals surface area contributed by atoms with Gasteiger partial charge in [0.25, 0.3) is 0 Å². The fraction of sp³-hybridized carbons (Fsp3) is 0.214. The Bertz CT molecular complexity index is 594. The molecular weight excluding hydrogens is 325 g/mol. The van der Waals surface area contributed by atoms with Crippen LogP contribution >= 0.6 is 15.9 Å². The zero-order valence-corrected chi connectivity index (χ0v) is 12.5. The monoisotopic (exact) mass is 339 g/mol. The molecule has 0 aliphatic heterocycles. The highest BCUT2D eigenvalue weighted by Gasteiger charge is 2.16. The second kappa shape index (κ2) is 6.78. The van der Waals surface area contributed by atoms with E-state index in [0.717, 1.165) is 11.1 Å². The third-order valence-corrected chi connectivity index (χ3v) is 3.64. The molecule has 2 aromatic rings. The van der Waals surface area contributed by atoms with Crippen molar-refractivity contribution in [2.75, 3.05) is 7.11 Å². The quantitative estimate of drug-likeness (QED) is 0.649. The Hall–Kier alpha value is -1.50. The Labute approximate surface area is 125 Å². The summed E-state index contributed by atoms with van der Waals surface area (Å²) >= 11 is 3.18. The van der Waals surface area contributed by atoms with Crippen LogP contribution < -0.4 is 16.0 Å². The summed E-state index contributed by atoms with van der Waals surface area (Å²) in [6, 6.07) is 6.61. The number of nitrogens with one attached hydrogen (secondary N) is 1. The van der Waals surface area contributed by atoms with Gasteiger partial charge in [-0.15, -0.1) is 0 Å². The molecule has 0 fully saturated rings. The number of hydrazine groups is 1. The summed E-state index contributed by atoms with van der Waals surface area (Å²) < 4.78 is 19.0. The lowest BCUT2D eigenvalue weighted by Gasteiger charge is -2.19. The van der Waals surface area contributed by atoms with Gasteiger partial charge in [0.2, 0.25) is 0 Å². The van der Waals surface area contributed by atoms with Gasteiger partial charge in [0.15, 0.2) is 0 Å². The minimum Gasteiger partial charge on any atom is -0.495 e. The third kappa shape index (κ3) is 3.33. The van der Waals surface area contributed by atoms with Crippen LogP contribution in [0.25, 0.3) is 0 Å². The van der Waals surface area contributed by atoms with Crippen molar-refractivity contribution in [3.05, 3.63) is 58.1 Å². The number of aromatic nitrogens is 1. The standard InChI is InChI=1S/C14H15BrFN3O/c1-20-14-8-18-5-4-10(14)13(19-17)7-9-2-3-12(16)11(15)6-9/h2-6,8,13,19H,7,17H2,1H3. The molecule has 6 heteroatoms. The van der Waals surface area contributed by atoms with Crippen LogP contribution in [-0.4, -0.2) is 12.1 Å². The van der Waals surface area contributed by atoms with Crippen LogP contribution in [0, 0.1) is 5.82 Å². The molecule has 0 bridgehead atoms. The molecule has 0 aliphatic carbocycles. The van der Waals surface area contributed by atoms with Gasteiger partial charge in [-0.25, -0.2) is 4.39 Å². The van der Waals surface area contributed by atoms with Crippen molar-refractivity contribution in [3.63, 3.8) is 0 Å². The molecule has 0 aliphatic rings. The van der Waals surface area contributed by atoms with Crippen LogP contribution in [-0.2, 0) is 6.42 Å². The summed E-state index contributed by atoms with van der Waals surface area (Å²) in [4.78, 5) is 4.01. The number of ether oxygens (including phenoxy) is 1. The Morgan fingerprint density at radius 2 is 2.25 bits per heavy atom. The average Bonchev–Trinajstić information content (AvgIpc) is 2.48. The number of hydrogen-bond acceptors (Lipinski definition) is 4. The van der Waals surface area contributed by atoms with Crippen molar-refractivity contribution in [1.82, 2.24) is 10.4 Å². The lowest BCUT2D eigenvalue weighted by molar-refractivity contribution is 0.397. The Morgan fingerprint density at radius 1 is 1.45 bits per heavy atom. The first-order valence-electron chi connectivity index (χ1n) is 6.03. The van der Waals surface area contributed by atoms with Crippen LogP contribution in [0.1, 0.15) is 17.2 Å². The van der Waals surface area contributed by atoms with Gasteiger partial charge in [0.1, 0.15) is 11.6 Å².